The third-order valence-electron chi connectivity index (χ3n) is 4.45. The van der Waals surface area contributed by atoms with Crippen LogP contribution >= 0.6 is 11.8 Å². The number of nitrogens with zero attached hydrogens (tertiary/aromatic N) is 1. The highest BCUT2D eigenvalue weighted by atomic mass is 32.2. The van der Waals surface area contributed by atoms with E-state index in [9.17, 15) is 15.0 Å². The summed E-state index contributed by atoms with van der Waals surface area (Å²) in [4.78, 5) is 17.0. The number of amides is 1. The van der Waals surface area contributed by atoms with Crippen LogP contribution in [0.2, 0.25) is 0 Å². The third kappa shape index (κ3) is 4.14. The molecule has 1 fully saturated rings. The van der Waals surface area contributed by atoms with Gasteiger partial charge in [-0.05, 0) is 18.6 Å². The van der Waals surface area contributed by atoms with Gasteiger partial charge in [-0.3, -0.25) is 9.79 Å². The Morgan fingerprint density at radius 1 is 1.36 bits per heavy atom. The molecule has 0 saturated heterocycles. The first-order valence-electron chi connectivity index (χ1n) is 8.29. The highest BCUT2D eigenvalue weighted by Gasteiger charge is 2.50. The van der Waals surface area contributed by atoms with E-state index in [1.54, 1.807) is 7.11 Å². The molecule has 1 aromatic rings. The molecule has 136 valence electrons. The van der Waals surface area contributed by atoms with Gasteiger partial charge in [-0.25, -0.2) is 0 Å². The summed E-state index contributed by atoms with van der Waals surface area (Å²) in [5, 5.41) is 26.9. The summed E-state index contributed by atoms with van der Waals surface area (Å²) in [6, 6.07) is 9.10. The predicted molar refractivity (Wildman–Crippen MR) is 97.7 cm³/mol. The summed E-state index contributed by atoms with van der Waals surface area (Å²) in [6.07, 6.45) is -1.70. The molecule has 2 aliphatic rings. The van der Waals surface area contributed by atoms with E-state index in [1.165, 1.54) is 11.8 Å². The van der Waals surface area contributed by atoms with Gasteiger partial charge in [0.05, 0.1) is 24.7 Å². The first kappa shape index (κ1) is 18.2. The Morgan fingerprint density at radius 3 is 2.84 bits per heavy atom. The SMILES string of the molecule is COCCNC(=O)C1CC(O)C(O)C2N=C(Nc3ccccc3)SC12. The molecular formula is C17H23N3O4S. The van der Waals surface area contributed by atoms with Gasteiger partial charge in [0.2, 0.25) is 5.91 Å². The van der Waals surface area contributed by atoms with Crippen molar-refractivity contribution in [1.29, 1.82) is 0 Å². The minimum atomic E-state index is -0.962. The number of anilines is 1. The standard InChI is InChI=1S/C17H23N3O4S/c1-24-8-7-18-16(23)11-9-12(21)14(22)13-15(11)25-17(20-13)19-10-5-3-2-4-6-10/h2-6,11-15,21-22H,7-9H2,1H3,(H,18,23)(H,19,20). The minimum absolute atomic E-state index is 0.137. The molecule has 0 radical (unpaired) electrons. The number of rotatable bonds is 5. The molecule has 1 saturated carbocycles. The van der Waals surface area contributed by atoms with Gasteiger partial charge in [0.1, 0.15) is 6.10 Å². The Hall–Kier alpha value is -1.61. The second kappa shape index (κ2) is 8.18. The van der Waals surface area contributed by atoms with Gasteiger partial charge in [-0.15, -0.1) is 0 Å². The lowest BCUT2D eigenvalue weighted by Crippen LogP contribution is -2.54. The van der Waals surface area contributed by atoms with E-state index >= 15 is 0 Å². The molecule has 7 nitrogen and oxygen atoms in total. The molecule has 5 unspecified atom stereocenters. The van der Waals surface area contributed by atoms with Gasteiger partial charge >= 0.3 is 0 Å². The lowest BCUT2D eigenvalue weighted by atomic mass is 9.81. The van der Waals surface area contributed by atoms with Gasteiger partial charge in [-0.1, -0.05) is 30.0 Å². The zero-order chi connectivity index (χ0) is 17.8. The van der Waals surface area contributed by atoms with Crippen LogP contribution in [0.4, 0.5) is 5.69 Å². The van der Waals surface area contributed by atoms with Gasteiger partial charge < -0.3 is 25.6 Å². The van der Waals surface area contributed by atoms with E-state index in [0.717, 1.165) is 5.69 Å². The van der Waals surface area contributed by atoms with Crippen LogP contribution in [-0.2, 0) is 9.53 Å². The average Bonchev–Trinajstić information content (AvgIpc) is 3.03. The van der Waals surface area contributed by atoms with Crippen molar-refractivity contribution in [3.8, 4) is 0 Å². The Kier molecular flexibility index (Phi) is 5.95. The molecule has 1 amide bonds. The molecule has 1 heterocycles. The molecule has 8 heteroatoms. The number of aliphatic imine (C=N–C) groups is 1. The zero-order valence-electron chi connectivity index (χ0n) is 14.0. The van der Waals surface area contributed by atoms with Crippen LogP contribution in [0.15, 0.2) is 35.3 Å². The first-order valence-corrected chi connectivity index (χ1v) is 9.17. The number of methoxy groups -OCH3 is 1. The molecule has 3 rings (SSSR count). The van der Waals surface area contributed by atoms with Crippen molar-refractivity contribution in [2.45, 2.75) is 29.9 Å². The summed E-state index contributed by atoms with van der Waals surface area (Å²) in [5.74, 6) is -0.550. The lowest BCUT2D eigenvalue weighted by Gasteiger charge is -2.37. The van der Waals surface area contributed by atoms with Crippen molar-refractivity contribution in [3.05, 3.63) is 30.3 Å². The fourth-order valence-electron chi connectivity index (χ4n) is 3.16. The Labute approximate surface area is 150 Å². The highest BCUT2D eigenvalue weighted by molar-refractivity contribution is 8.15. The summed E-state index contributed by atoms with van der Waals surface area (Å²) in [7, 11) is 1.57. The summed E-state index contributed by atoms with van der Waals surface area (Å²) >= 11 is 1.45. The van der Waals surface area contributed by atoms with Crippen LogP contribution in [0.3, 0.4) is 0 Å². The molecule has 1 aliphatic carbocycles. The van der Waals surface area contributed by atoms with Crippen LogP contribution in [0, 0.1) is 5.92 Å². The number of carbonyl (C=O) groups is 1. The molecule has 1 aliphatic heterocycles. The van der Waals surface area contributed by atoms with Crippen molar-refractivity contribution in [2.75, 3.05) is 25.6 Å². The van der Waals surface area contributed by atoms with Gasteiger partial charge in [0.25, 0.3) is 0 Å². The molecule has 0 bridgehead atoms. The monoisotopic (exact) mass is 365 g/mol. The largest absolute Gasteiger partial charge is 0.390 e. The molecular weight excluding hydrogens is 342 g/mol. The maximum atomic E-state index is 12.5. The number of fused-ring (bicyclic) bond motifs is 1. The van der Waals surface area contributed by atoms with Crippen molar-refractivity contribution in [3.63, 3.8) is 0 Å². The third-order valence-corrected chi connectivity index (χ3v) is 5.76. The smallest absolute Gasteiger partial charge is 0.224 e. The second-order valence-corrected chi connectivity index (χ2v) is 7.35. The number of amidine groups is 1. The number of carbonyl (C=O) groups excluding carboxylic acids is 1. The normalized spacial score (nSPS) is 31.2. The molecule has 0 aromatic heterocycles. The van der Waals surface area contributed by atoms with E-state index < -0.39 is 24.2 Å². The van der Waals surface area contributed by atoms with Crippen molar-refractivity contribution in [2.24, 2.45) is 10.9 Å². The zero-order valence-corrected chi connectivity index (χ0v) is 14.8. The van der Waals surface area contributed by atoms with E-state index in [2.05, 4.69) is 15.6 Å². The van der Waals surface area contributed by atoms with Gasteiger partial charge in [0, 0.05) is 24.6 Å². The van der Waals surface area contributed by atoms with Crippen LogP contribution < -0.4 is 10.6 Å². The average molecular weight is 365 g/mol. The van der Waals surface area contributed by atoms with Crippen molar-refractivity contribution in [1.82, 2.24) is 5.32 Å². The number of thioether (sulfide) groups is 1. The number of benzene rings is 1. The fourth-order valence-corrected chi connectivity index (χ4v) is 4.54. The number of aliphatic hydroxyl groups is 2. The molecule has 5 atom stereocenters. The summed E-state index contributed by atoms with van der Waals surface area (Å²) in [6.45, 7) is 0.852. The van der Waals surface area contributed by atoms with E-state index in [-0.39, 0.29) is 17.6 Å². The maximum Gasteiger partial charge on any atom is 0.224 e. The number of hydrogen-bond donors (Lipinski definition) is 4. The predicted octanol–water partition coefficient (Wildman–Crippen LogP) is 0.443. The number of ether oxygens (including phenoxy) is 1. The second-order valence-electron chi connectivity index (χ2n) is 6.18. The molecule has 0 spiro atoms. The topological polar surface area (TPSA) is 103 Å². The number of aliphatic hydroxyl groups excluding tert-OH is 2. The lowest BCUT2D eigenvalue weighted by molar-refractivity contribution is -0.129. The van der Waals surface area contributed by atoms with Crippen LogP contribution in [0.25, 0.3) is 0 Å². The Balaban J connectivity index is 1.70. The van der Waals surface area contributed by atoms with E-state index in [1.807, 2.05) is 30.3 Å². The molecule has 25 heavy (non-hydrogen) atoms. The summed E-state index contributed by atoms with van der Waals surface area (Å²) < 4.78 is 4.95. The van der Waals surface area contributed by atoms with Gasteiger partial charge in [-0.2, -0.15) is 0 Å². The maximum absolute atomic E-state index is 12.5. The van der Waals surface area contributed by atoms with Crippen molar-refractivity contribution >= 4 is 28.5 Å². The van der Waals surface area contributed by atoms with E-state index in [4.69, 9.17) is 4.74 Å². The van der Waals surface area contributed by atoms with Crippen LogP contribution in [-0.4, -0.2) is 65.0 Å². The number of nitrogens with one attached hydrogen (secondary N) is 2. The van der Waals surface area contributed by atoms with Crippen molar-refractivity contribution < 1.29 is 19.7 Å². The highest BCUT2D eigenvalue weighted by Crippen LogP contribution is 2.41. The van der Waals surface area contributed by atoms with Crippen LogP contribution in [0.1, 0.15) is 6.42 Å². The first-order chi connectivity index (χ1) is 12.1. The van der Waals surface area contributed by atoms with Crippen LogP contribution in [0.5, 0.6) is 0 Å². The quantitative estimate of drug-likeness (QED) is 0.565. The van der Waals surface area contributed by atoms with Gasteiger partial charge in [0.15, 0.2) is 5.17 Å². The number of para-hydroxylation sites is 1. The Morgan fingerprint density at radius 2 is 2.12 bits per heavy atom. The molecule has 4 N–H and O–H groups in total. The van der Waals surface area contributed by atoms with E-state index in [0.29, 0.717) is 18.3 Å². The fraction of sp³-hybridized carbons (Fsp3) is 0.529. The Bertz CT molecular complexity index is 628. The number of hydrogen-bond acceptors (Lipinski definition) is 7. The molecule has 1 aromatic carbocycles. The summed E-state index contributed by atoms with van der Waals surface area (Å²) in [5.41, 5.74) is 0.892. The minimum Gasteiger partial charge on any atom is -0.390 e.